The highest BCUT2D eigenvalue weighted by molar-refractivity contribution is 6.00. The van der Waals surface area contributed by atoms with Gasteiger partial charge in [-0.05, 0) is 37.8 Å². The number of carbonyl (C=O) groups excluding carboxylic acids is 1. The number of hydrogen-bond donors (Lipinski definition) is 4. The Hall–Kier alpha value is -3.40. The predicted molar refractivity (Wildman–Crippen MR) is 110 cm³/mol. The number of hydrogen-bond acceptors (Lipinski definition) is 8. The minimum Gasteiger partial charge on any atom is -0.473 e. The molecule has 0 spiro atoms. The Balaban J connectivity index is 1.46. The van der Waals surface area contributed by atoms with Gasteiger partial charge >= 0.3 is 0 Å². The Kier molecular flexibility index (Phi) is 4.62. The van der Waals surface area contributed by atoms with Gasteiger partial charge in [0.05, 0.1) is 18.3 Å². The highest BCUT2D eigenvalue weighted by Crippen LogP contribution is 2.32. The Bertz CT molecular complexity index is 1100. The van der Waals surface area contributed by atoms with Crippen molar-refractivity contribution in [1.29, 1.82) is 0 Å². The van der Waals surface area contributed by atoms with Crippen molar-refractivity contribution in [3.63, 3.8) is 0 Å². The van der Waals surface area contributed by atoms with E-state index in [4.69, 9.17) is 4.74 Å². The number of carbonyl (C=O) groups is 1. The molecule has 3 heterocycles. The lowest BCUT2D eigenvalue weighted by molar-refractivity contribution is 0.0448. The second-order valence-corrected chi connectivity index (χ2v) is 7.59. The lowest BCUT2D eigenvalue weighted by Crippen LogP contribution is -2.50. The minimum atomic E-state index is -0.496. The standard InChI is InChI=1S/C20H23N7O3/c1-21-17-9-16(24-14-3-2-8-22-20(14)30-11-4-5-11)26-18-12(10-23-27(17)18)19(29)25-13-6-7-15(13)28/h2-3,8-11,13,15,21,28H,4-7H2,1H3,(H,24,26)(H,25,29)/t13?,15-/m0/s1. The summed E-state index contributed by atoms with van der Waals surface area (Å²) in [6.45, 7) is 0. The summed E-state index contributed by atoms with van der Waals surface area (Å²) in [6, 6.07) is 5.26. The van der Waals surface area contributed by atoms with Crippen LogP contribution in [0.5, 0.6) is 5.88 Å². The van der Waals surface area contributed by atoms with Crippen LogP contribution in [0.2, 0.25) is 0 Å². The van der Waals surface area contributed by atoms with Gasteiger partial charge in [0.15, 0.2) is 5.65 Å². The van der Waals surface area contributed by atoms with Gasteiger partial charge in [0.1, 0.15) is 29.0 Å². The first-order chi connectivity index (χ1) is 14.6. The molecule has 2 saturated carbocycles. The quantitative estimate of drug-likeness (QED) is 0.465. The summed E-state index contributed by atoms with van der Waals surface area (Å²) in [6.07, 6.45) is 6.43. The lowest BCUT2D eigenvalue weighted by atomic mass is 9.89. The smallest absolute Gasteiger partial charge is 0.257 e. The molecular weight excluding hydrogens is 386 g/mol. The van der Waals surface area contributed by atoms with Crippen LogP contribution >= 0.6 is 0 Å². The Morgan fingerprint density at radius 3 is 2.87 bits per heavy atom. The van der Waals surface area contributed by atoms with Crippen LogP contribution in [0.25, 0.3) is 5.65 Å². The van der Waals surface area contributed by atoms with E-state index < -0.39 is 6.10 Å². The van der Waals surface area contributed by atoms with E-state index in [1.165, 1.54) is 6.20 Å². The van der Waals surface area contributed by atoms with Crippen molar-refractivity contribution >= 4 is 28.9 Å². The molecule has 4 N–H and O–H groups in total. The molecule has 0 saturated heterocycles. The summed E-state index contributed by atoms with van der Waals surface area (Å²) in [5.41, 5.74) is 1.45. The molecule has 5 rings (SSSR count). The average Bonchev–Trinajstić information content (AvgIpc) is 3.47. The fraction of sp³-hybridized carbons (Fsp3) is 0.400. The highest BCUT2D eigenvalue weighted by Gasteiger charge is 2.31. The van der Waals surface area contributed by atoms with Gasteiger partial charge in [-0.2, -0.15) is 9.61 Å². The van der Waals surface area contributed by atoms with Crippen molar-refractivity contribution in [1.82, 2.24) is 24.9 Å². The number of nitrogens with one attached hydrogen (secondary N) is 3. The zero-order chi connectivity index (χ0) is 20.7. The third kappa shape index (κ3) is 3.50. The van der Waals surface area contributed by atoms with Crippen LogP contribution in [0, 0.1) is 0 Å². The molecular formula is C20H23N7O3. The van der Waals surface area contributed by atoms with E-state index in [-0.39, 0.29) is 18.1 Å². The van der Waals surface area contributed by atoms with Gasteiger partial charge in [-0.1, -0.05) is 0 Å². The van der Waals surface area contributed by atoms with Crippen LogP contribution in [-0.2, 0) is 0 Å². The Morgan fingerprint density at radius 1 is 1.30 bits per heavy atom. The van der Waals surface area contributed by atoms with Crippen LogP contribution in [0.15, 0.2) is 30.6 Å². The van der Waals surface area contributed by atoms with E-state index in [2.05, 4.69) is 31.0 Å². The summed E-state index contributed by atoms with van der Waals surface area (Å²) in [7, 11) is 1.77. The molecule has 0 aliphatic heterocycles. The number of amides is 1. The van der Waals surface area contributed by atoms with Crippen molar-refractivity contribution < 1.29 is 14.6 Å². The molecule has 2 aliphatic carbocycles. The average molecular weight is 409 g/mol. The normalized spacial score (nSPS) is 20.5. The van der Waals surface area contributed by atoms with Crippen molar-refractivity contribution in [2.45, 2.75) is 43.9 Å². The van der Waals surface area contributed by atoms with Gasteiger partial charge in [0.25, 0.3) is 5.91 Å². The number of nitrogens with zero attached hydrogens (tertiary/aromatic N) is 4. The van der Waals surface area contributed by atoms with Gasteiger partial charge in [0.2, 0.25) is 5.88 Å². The van der Waals surface area contributed by atoms with Crippen molar-refractivity contribution in [3.8, 4) is 5.88 Å². The maximum atomic E-state index is 12.7. The highest BCUT2D eigenvalue weighted by atomic mass is 16.5. The second-order valence-electron chi connectivity index (χ2n) is 7.59. The van der Waals surface area contributed by atoms with E-state index >= 15 is 0 Å². The minimum absolute atomic E-state index is 0.218. The molecule has 10 nitrogen and oxygen atoms in total. The third-order valence-electron chi connectivity index (χ3n) is 5.36. The van der Waals surface area contributed by atoms with E-state index in [1.807, 2.05) is 12.1 Å². The number of rotatable bonds is 7. The molecule has 3 aromatic rings. The van der Waals surface area contributed by atoms with E-state index in [0.717, 1.165) is 19.3 Å². The molecule has 30 heavy (non-hydrogen) atoms. The molecule has 0 radical (unpaired) electrons. The summed E-state index contributed by atoms with van der Waals surface area (Å²) in [4.78, 5) is 21.7. The number of aliphatic hydroxyl groups excluding tert-OH is 1. The molecule has 2 atom stereocenters. The first-order valence-corrected chi connectivity index (χ1v) is 10.1. The van der Waals surface area contributed by atoms with Gasteiger partial charge in [-0.3, -0.25) is 4.79 Å². The molecule has 156 valence electrons. The van der Waals surface area contributed by atoms with Gasteiger partial charge in [-0.15, -0.1) is 0 Å². The van der Waals surface area contributed by atoms with E-state index in [1.54, 1.807) is 23.8 Å². The summed E-state index contributed by atoms with van der Waals surface area (Å²) >= 11 is 0. The summed E-state index contributed by atoms with van der Waals surface area (Å²) < 4.78 is 7.44. The van der Waals surface area contributed by atoms with Crippen molar-refractivity contribution in [2.75, 3.05) is 17.7 Å². The Morgan fingerprint density at radius 2 is 2.17 bits per heavy atom. The zero-order valence-corrected chi connectivity index (χ0v) is 16.5. The summed E-state index contributed by atoms with van der Waals surface area (Å²) in [5, 5.41) is 23.2. The van der Waals surface area contributed by atoms with E-state index in [0.29, 0.717) is 40.8 Å². The number of aromatic nitrogens is 4. The molecule has 10 heteroatoms. The third-order valence-corrected chi connectivity index (χ3v) is 5.36. The van der Waals surface area contributed by atoms with E-state index in [9.17, 15) is 9.90 Å². The van der Waals surface area contributed by atoms with Crippen molar-refractivity contribution in [2.24, 2.45) is 0 Å². The summed E-state index contributed by atoms with van der Waals surface area (Å²) in [5.74, 6) is 1.41. The number of fused-ring (bicyclic) bond motifs is 1. The largest absolute Gasteiger partial charge is 0.473 e. The van der Waals surface area contributed by atoms with Crippen LogP contribution in [0.4, 0.5) is 17.3 Å². The van der Waals surface area contributed by atoms with Crippen LogP contribution in [0.3, 0.4) is 0 Å². The van der Waals surface area contributed by atoms with Gasteiger partial charge < -0.3 is 25.8 Å². The molecule has 3 aromatic heterocycles. The number of aliphatic hydroxyl groups is 1. The number of ether oxygens (including phenoxy) is 1. The second kappa shape index (κ2) is 7.45. The molecule has 1 unspecified atom stereocenters. The maximum Gasteiger partial charge on any atom is 0.257 e. The first-order valence-electron chi connectivity index (χ1n) is 10.1. The topological polar surface area (TPSA) is 126 Å². The van der Waals surface area contributed by atoms with Gasteiger partial charge in [0, 0.05) is 19.3 Å². The zero-order valence-electron chi connectivity index (χ0n) is 16.5. The fourth-order valence-corrected chi connectivity index (χ4v) is 3.32. The molecule has 0 aromatic carbocycles. The molecule has 2 fully saturated rings. The lowest BCUT2D eigenvalue weighted by Gasteiger charge is -2.32. The fourth-order valence-electron chi connectivity index (χ4n) is 3.32. The van der Waals surface area contributed by atoms with Crippen LogP contribution in [-0.4, -0.2) is 55.9 Å². The van der Waals surface area contributed by atoms with Gasteiger partial charge in [-0.25, -0.2) is 9.97 Å². The number of anilines is 3. The number of pyridine rings is 1. The Labute approximate surface area is 172 Å². The predicted octanol–water partition coefficient (Wildman–Crippen LogP) is 1.70. The van der Waals surface area contributed by atoms with Crippen molar-refractivity contribution in [3.05, 3.63) is 36.2 Å². The van der Waals surface area contributed by atoms with Crippen LogP contribution < -0.4 is 20.7 Å². The molecule has 0 bridgehead atoms. The first kappa shape index (κ1) is 18.6. The monoisotopic (exact) mass is 409 g/mol. The SMILES string of the molecule is CNc1cc(Nc2cccnc2OC2CC2)nc2c(C(=O)NC3CC[C@@H]3O)cnn12. The molecule has 1 amide bonds. The molecule has 2 aliphatic rings. The maximum absolute atomic E-state index is 12.7. The van der Waals surface area contributed by atoms with Crippen LogP contribution in [0.1, 0.15) is 36.0 Å².